The number of aryl methyl sites for hydroxylation is 1. The van der Waals surface area contributed by atoms with Crippen LogP contribution in [-0.4, -0.2) is 12.5 Å². The Hall–Kier alpha value is -2.83. The van der Waals surface area contributed by atoms with E-state index in [-0.39, 0.29) is 5.91 Å². The molecule has 0 aromatic heterocycles. The van der Waals surface area contributed by atoms with Crippen LogP contribution in [0.5, 0.6) is 0 Å². The molecule has 0 heterocycles. The van der Waals surface area contributed by atoms with Gasteiger partial charge in [-0.05, 0) is 42.9 Å². The molecule has 0 bridgehead atoms. The number of terminal acetylenes is 1. The molecular weight excluding hydrogens is 320 g/mol. The first-order valence-corrected chi connectivity index (χ1v) is 9.20. The first-order valence-electron chi connectivity index (χ1n) is 9.20. The van der Waals surface area contributed by atoms with Crippen molar-refractivity contribution >= 4 is 17.3 Å². The fraction of sp³-hybridized carbons (Fsp3) is 0.435. The second kappa shape index (κ2) is 12.5. The molecule has 0 fully saturated rings. The second-order valence-electron chi connectivity index (χ2n) is 6.23. The molecule has 0 unspecified atom stereocenters. The Balaban J connectivity index is 2.87. The molecule has 136 valence electrons. The smallest absolute Gasteiger partial charge is 0.221 e. The zero-order valence-corrected chi connectivity index (χ0v) is 16.1. The molecule has 0 atom stereocenters. The predicted molar refractivity (Wildman–Crippen MR) is 111 cm³/mol. The van der Waals surface area contributed by atoms with Crippen LogP contribution >= 0.6 is 0 Å². The highest BCUT2D eigenvalue weighted by Gasteiger charge is 2.08. The van der Waals surface area contributed by atoms with E-state index >= 15 is 0 Å². The van der Waals surface area contributed by atoms with Gasteiger partial charge >= 0.3 is 0 Å². The number of amides is 1. The molecule has 0 saturated heterocycles. The summed E-state index contributed by atoms with van der Waals surface area (Å²) >= 11 is 0. The molecule has 0 aliphatic heterocycles. The number of benzene rings is 1. The van der Waals surface area contributed by atoms with Crippen molar-refractivity contribution in [3.05, 3.63) is 23.8 Å². The number of nitrogens with one attached hydrogen (secondary N) is 1. The number of nitrogens with zero attached hydrogens (tertiary/aromatic N) is 1. The van der Waals surface area contributed by atoms with Crippen molar-refractivity contribution in [3.63, 3.8) is 0 Å². The quantitative estimate of drug-likeness (QED) is 0.398. The number of carbonyl (C=O) groups excluding carboxylic acids is 1. The molecule has 1 aromatic rings. The van der Waals surface area contributed by atoms with Gasteiger partial charge < -0.3 is 10.2 Å². The van der Waals surface area contributed by atoms with E-state index in [1.54, 1.807) is 0 Å². The molecule has 0 radical (unpaired) electrons. The maximum atomic E-state index is 11.4. The number of anilines is 2. The summed E-state index contributed by atoms with van der Waals surface area (Å²) in [6.07, 6.45) is 12.4. The van der Waals surface area contributed by atoms with Gasteiger partial charge in [0.25, 0.3) is 0 Å². The summed E-state index contributed by atoms with van der Waals surface area (Å²) in [4.78, 5) is 13.4. The van der Waals surface area contributed by atoms with Crippen LogP contribution in [0.1, 0.15) is 57.9 Å². The Morgan fingerprint density at radius 1 is 1.12 bits per heavy atom. The molecule has 1 aromatic carbocycles. The molecule has 3 heteroatoms. The van der Waals surface area contributed by atoms with Crippen LogP contribution in [0.25, 0.3) is 0 Å². The highest BCUT2D eigenvalue weighted by atomic mass is 16.1. The summed E-state index contributed by atoms with van der Waals surface area (Å²) < 4.78 is 0. The standard InChI is InChI=1S/C23H28N2O/c1-5-7-9-11-12-14-18-25(17-13-10-8-6-2)22-16-15-20(3)23(19-22)24-21(4)26/h2,15-16,19H,5,7,9,11-12,14,18H2,1,3-4H3,(H,24,26). The van der Waals surface area contributed by atoms with E-state index in [9.17, 15) is 4.79 Å². The summed E-state index contributed by atoms with van der Waals surface area (Å²) in [5.74, 6) is 10.1. The van der Waals surface area contributed by atoms with Crippen molar-refractivity contribution in [1.29, 1.82) is 0 Å². The lowest BCUT2D eigenvalue weighted by molar-refractivity contribution is -0.114. The third-order valence-electron chi connectivity index (χ3n) is 3.97. The number of rotatable bonds is 9. The van der Waals surface area contributed by atoms with Gasteiger partial charge in [0.2, 0.25) is 5.91 Å². The Morgan fingerprint density at radius 2 is 1.85 bits per heavy atom. The summed E-state index contributed by atoms with van der Waals surface area (Å²) in [5.41, 5.74) is 2.77. The maximum absolute atomic E-state index is 11.4. The number of hydrogen-bond acceptors (Lipinski definition) is 2. The minimum atomic E-state index is -0.0845. The van der Waals surface area contributed by atoms with Crippen LogP contribution in [0.2, 0.25) is 0 Å². The lowest BCUT2D eigenvalue weighted by atomic mass is 10.1. The van der Waals surface area contributed by atoms with Crippen LogP contribution in [0, 0.1) is 43.1 Å². The van der Waals surface area contributed by atoms with Crippen LogP contribution in [0.4, 0.5) is 11.4 Å². The van der Waals surface area contributed by atoms with E-state index in [4.69, 9.17) is 6.42 Å². The molecule has 26 heavy (non-hydrogen) atoms. The summed E-state index contributed by atoms with van der Waals surface area (Å²) in [6, 6.07) is 9.03. The minimum absolute atomic E-state index is 0.0845. The van der Waals surface area contributed by atoms with E-state index < -0.39 is 0 Å². The third-order valence-corrected chi connectivity index (χ3v) is 3.97. The second-order valence-corrected chi connectivity index (χ2v) is 6.23. The van der Waals surface area contributed by atoms with E-state index in [1.165, 1.54) is 39.0 Å². The van der Waals surface area contributed by atoms with Gasteiger partial charge in [0.05, 0.1) is 5.69 Å². The average Bonchev–Trinajstić information content (AvgIpc) is 2.61. The zero-order chi connectivity index (χ0) is 19.2. The van der Waals surface area contributed by atoms with Gasteiger partial charge in [-0.25, -0.2) is 0 Å². The molecule has 3 nitrogen and oxygen atoms in total. The monoisotopic (exact) mass is 348 g/mol. The molecule has 0 spiro atoms. The number of carbonyl (C=O) groups is 1. The van der Waals surface area contributed by atoms with Crippen LogP contribution < -0.4 is 10.2 Å². The topological polar surface area (TPSA) is 32.3 Å². The van der Waals surface area contributed by atoms with Gasteiger partial charge in [0, 0.05) is 37.0 Å². The average molecular weight is 348 g/mol. The highest BCUT2D eigenvalue weighted by molar-refractivity contribution is 5.90. The summed E-state index contributed by atoms with van der Waals surface area (Å²) in [6.45, 7) is 6.52. The molecule has 1 amide bonds. The lowest BCUT2D eigenvalue weighted by Gasteiger charge is -2.19. The fourth-order valence-electron chi connectivity index (χ4n) is 2.56. The van der Waals surface area contributed by atoms with E-state index in [1.807, 2.05) is 30.0 Å². The van der Waals surface area contributed by atoms with Crippen LogP contribution in [0.3, 0.4) is 0 Å². The van der Waals surface area contributed by atoms with Gasteiger partial charge in [-0.15, -0.1) is 6.42 Å². The summed E-state index contributed by atoms with van der Waals surface area (Å²) in [5, 5.41) is 2.87. The van der Waals surface area contributed by atoms with Gasteiger partial charge in [0.1, 0.15) is 0 Å². The molecule has 0 saturated carbocycles. The van der Waals surface area contributed by atoms with Crippen molar-refractivity contribution in [2.45, 2.75) is 59.3 Å². The van der Waals surface area contributed by atoms with Gasteiger partial charge in [0.15, 0.2) is 0 Å². The van der Waals surface area contributed by atoms with Crippen molar-refractivity contribution in [3.8, 4) is 36.1 Å². The molecule has 1 N–H and O–H groups in total. The van der Waals surface area contributed by atoms with Crippen LogP contribution in [0.15, 0.2) is 18.2 Å². The lowest BCUT2D eigenvalue weighted by Crippen LogP contribution is -2.19. The minimum Gasteiger partial charge on any atom is -0.326 e. The van der Waals surface area contributed by atoms with Gasteiger partial charge in [-0.3, -0.25) is 4.79 Å². The molecular formula is C23H28N2O. The maximum Gasteiger partial charge on any atom is 0.221 e. The van der Waals surface area contributed by atoms with E-state index in [0.29, 0.717) is 0 Å². The Kier molecular flexibility index (Phi) is 10.2. The molecule has 0 aliphatic carbocycles. The van der Waals surface area contributed by atoms with Crippen molar-refractivity contribution in [1.82, 2.24) is 0 Å². The third kappa shape index (κ3) is 8.32. The first kappa shape index (κ1) is 21.2. The zero-order valence-electron chi connectivity index (χ0n) is 16.1. The van der Waals surface area contributed by atoms with E-state index in [0.717, 1.165) is 29.9 Å². The largest absolute Gasteiger partial charge is 0.326 e. The predicted octanol–water partition coefficient (Wildman–Crippen LogP) is 4.72. The van der Waals surface area contributed by atoms with Crippen LogP contribution in [-0.2, 0) is 4.79 Å². The van der Waals surface area contributed by atoms with Crippen molar-refractivity contribution < 1.29 is 4.79 Å². The van der Waals surface area contributed by atoms with Crippen molar-refractivity contribution in [2.24, 2.45) is 0 Å². The first-order chi connectivity index (χ1) is 12.6. The number of unbranched alkanes of at least 4 members (excludes halogenated alkanes) is 5. The molecule has 1 rings (SSSR count). The summed E-state index contributed by atoms with van der Waals surface area (Å²) in [7, 11) is 0. The Morgan fingerprint density at radius 3 is 2.54 bits per heavy atom. The van der Waals surface area contributed by atoms with Crippen molar-refractivity contribution in [2.75, 3.05) is 16.8 Å². The van der Waals surface area contributed by atoms with Gasteiger partial charge in [-0.1, -0.05) is 45.1 Å². The molecule has 0 aliphatic rings. The Bertz CT molecular complexity index is 750. The normalized spacial score (nSPS) is 9.15. The highest BCUT2D eigenvalue weighted by Crippen LogP contribution is 2.23. The SMILES string of the molecule is C#CC#CC#CN(CCCCCCCC)c1ccc(C)c(NC(C)=O)c1. The van der Waals surface area contributed by atoms with E-state index in [2.05, 4.69) is 42.0 Å². The van der Waals surface area contributed by atoms with Gasteiger partial charge in [-0.2, -0.15) is 0 Å². The number of hydrogen-bond donors (Lipinski definition) is 1. The Labute approximate surface area is 158 Å². The fourth-order valence-corrected chi connectivity index (χ4v) is 2.56.